The molecule has 19 heavy (non-hydrogen) atoms. The Balaban J connectivity index is 1.81. The summed E-state index contributed by atoms with van der Waals surface area (Å²) in [4.78, 5) is 4.25. The van der Waals surface area contributed by atoms with E-state index in [1.54, 1.807) is 6.20 Å². The summed E-state index contributed by atoms with van der Waals surface area (Å²) in [6.07, 6.45) is 1.82. The lowest BCUT2D eigenvalue weighted by molar-refractivity contribution is 0.209. The number of nitrogens with one attached hydrogen (secondary N) is 1. The van der Waals surface area contributed by atoms with Gasteiger partial charge in [-0.2, -0.15) is 0 Å². The van der Waals surface area contributed by atoms with Crippen molar-refractivity contribution < 1.29 is 4.74 Å². The molecule has 1 aliphatic heterocycles. The van der Waals surface area contributed by atoms with Gasteiger partial charge < -0.3 is 10.1 Å². The molecule has 0 saturated heterocycles. The van der Waals surface area contributed by atoms with E-state index < -0.39 is 0 Å². The molecule has 0 radical (unpaired) electrons. The fraction of sp³-hybridized carbons (Fsp3) is 0.312. The van der Waals surface area contributed by atoms with Gasteiger partial charge in [0.25, 0.3) is 0 Å². The van der Waals surface area contributed by atoms with Gasteiger partial charge in [0.15, 0.2) is 11.6 Å². The van der Waals surface area contributed by atoms with E-state index in [9.17, 15) is 0 Å². The van der Waals surface area contributed by atoms with Crippen molar-refractivity contribution in [2.75, 3.05) is 11.9 Å². The molecule has 0 bridgehead atoms. The van der Waals surface area contributed by atoms with Gasteiger partial charge in [-0.15, -0.1) is 0 Å². The summed E-state index contributed by atoms with van der Waals surface area (Å²) in [6.45, 7) is 5.16. The molecule has 1 aromatic heterocycles. The van der Waals surface area contributed by atoms with Gasteiger partial charge in [-0.25, -0.2) is 4.98 Å². The molecule has 1 aromatic carbocycles. The van der Waals surface area contributed by atoms with Gasteiger partial charge in [-0.1, -0.05) is 38.1 Å². The minimum absolute atomic E-state index is 0.0536. The Labute approximate surface area is 113 Å². The molecule has 3 nitrogen and oxygen atoms in total. The first-order chi connectivity index (χ1) is 9.24. The molecule has 2 aromatic rings. The van der Waals surface area contributed by atoms with Gasteiger partial charge in [0.05, 0.1) is 6.54 Å². The molecule has 98 valence electrons. The summed E-state index contributed by atoms with van der Waals surface area (Å²) in [7, 11) is 0. The zero-order valence-corrected chi connectivity index (χ0v) is 11.3. The molecule has 0 fully saturated rings. The largest absolute Gasteiger partial charge is 0.480 e. The molecule has 3 heteroatoms. The molecular weight excluding hydrogens is 236 g/mol. The summed E-state index contributed by atoms with van der Waals surface area (Å²) >= 11 is 0. The predicted octanol–water partition coefficient (Wildman–Crippen LogP) is 3.75. The molecule has 1 atom stereocenters. The summed E-state index contributed by atoms with van der Waals surface area (Å²) in [5, 5.41) is 3.31. The number of pyridine rings is 1. The lowest BCUT2D eigenvalue weighted by Crippen LogP contribution is -2.24. The van der Waals surface area contributed by atoms with E-state index in [0.29, 0.717) is 5.92 Å². The minimum Gasteiger partial charge on any atom is -0.480 e. The van der Waals surface area contributed by atoms with Crippen LogP contribution in [0.3, 0.4) is 0 Å². The molecule has 0 aliphatic carbocycles. The maximum Gasteiger partial charge on any atom is 0.168 e. The van der Waals surface area contributed by atoms with E-state index >= 15 is 0 Å². The third-order valence-electron chi connectivity index (χ3n) is 3.47. The van der Waals surface area contributed by atoms with Gasteiger partial charge >= 0.3 is 0 Å². The SMILES string of the molecule is CC(C)c1ccc(C2CNc3ncccc3O2)cc1. The Morgan fingerprint density at radius 1 is 1.21 bits per heavy atom. The zero-order valence-electron chi connectivity index (χ0n) is 11.3. The molecule has 0 spiro atoms. The van der Waals surface area contributed by atoms with E-state index in [1.807, 2.05) is 12.1 Å². The van der Waals surface area contributed by atoms with Crippen LogP contribution in [-0.2, 0) is 0 Å². The molecule has 1 unspecified atom stereocenters. The highest BCUT2D eigenvalue weighted by Gasteiger charge is 2.21. The van der Waals surface area contributed by atoms with Crippen molar-refractivity contribution in [3.8, 4) is 5.75 Å². The molecule has 1 N–H and O–H groups in total. The third-order valence-corrected chi connectivity index (χ3v) is 3.47. The molecule has 3 rings (SSSR count). The topological polar surface area (TPSA) is 34.2 Å². The van der Waals surface area contributed by atoms with Crippen LogP contribution in [0.15, 0.2) is 42.6 Å². The fourth-order valence-corrected chi connectivity index (χ4v) is 2.28. The first-order valence-corrected chi connectivity index (χ1v) is 6.69. The normalized spacial score (nSPS) is 17.5. The van der Waals surface area contributed by atoms with Gasteiger partial charge in [-0.05, 0) is 29.2 Å². The first kappa shape index (κ1) is 12.0. The number of aromatic nitrogens is 1. The molecular formula is C16H18N2O. The second-order valence-electron chi connectivity index (χ2n) is 5.16. The summed E-state index contributed by atoms with van der Waals surface area (Å²) in [5.74, 6) is 2.22. The van der Waals surface area contributed by atoms with Crippen LogP contribution in [0, 0.1) is 0 Å². The van der Waals surface area contributed by atoms with Crippen molar-refractivity contribution in [1.29, 1.82) is 0 Å². The third kappa shape index (κ3) is 2.41. The monoisotopic (exact) mass is 254 g/mol. The van der Waals surface area contributed by atoms with Crippen molar-refractivity contribution in [3.05, 3.63) is 53.7 Å². The highest BCUT2D eigenvalue weighted by Crippen LogP contribution is 2.32. The quantitative estimate of drug-likeness (QED) is 0.886. The van der Waals surface area contributed by atoms with E-state index in [-0.39, 0.29) is 6.10 Å². The second-order valence-corrected chi connectivity index (χ2v) is 5.16. The number of benzene rings is 1. The van der Waals surface area contributed by atoms with Crippen LogP contribution < -0.4 is 10.1 Å². The lowest BCUT2D eigenvalue weighted by atomic mass is 9.99. The van der Waals surface area contributed by atoms with Crippen molar-refractivity contribution in [1.82, 2.24) is 4.98 Å². The van der Waals surface area contributed by atoms with Crippen molar-refractivity contribution in [3.63, 3.8) is 0 Å². The summed E-state index contributed by atoms with van der Waals surface area (Å²) in [6, 6.07) is 12.5. The van der Waals surface area contributed by atoms with Gasteiger partial charge in [-0.3, -0.25) is 0 Å². The van der Waals surface area contributed by atoms with Gasteiger partial charge in [0.1, 0.15) is 6.10 Å². The number of hydrogen-bond acceptors (Lipinski definition) is 3. The Hall–Kier alpha value is -2.03. The Morgan fingerprint density at radius 3 is 2.74 bits per heavy atom. The Morgan fingerprint density at radius 2 is 2.00 bits per heavy atom. The average molecular weight is 254 g/mol. The highest BCUT2D eigenvalue weighted by atomic mass is 16.5. The van der Waals surface area contributed by atoms with Crippen LogP contribution >= 0.6 is 0 Å². The number of anilines is 1. The second kappa shape index (κ2) is 4.92. The Kier molecular flexibility index (Phi) is 3.11. The number of fused-ring (bicyclic) bond motifs is 1. The smallest absolute Gasteiger partial charge is 0.168 e. The summed E-state index contributed by atoms with van der Waals surface area (Å²) < 4.78 is 5.99. The highest BCUT2D eigenvalue weighted by molar-refractivity contribution is 5.52. The summed E-state index contributed by atoms with van der Waals surface area (Å²) in [5.41, 5.74) is 2.56. The molecule has 1 aliphatic rings. The fourth-order valence-electron chi connectivity index (χ4n) is 2.28. The Bertz CT molecular complexity index is 563. The number of hydrogen-bond donors (Lipinski definition) is 1. The van der Waals surface area contributed by atoms with Crippen LogP contribution in [0.1, 0.15) is 37.0 Å². The lowest BCUT2D eigenvalue weighted by Gasteiger charge is -2.26. The first-order valence-electron chi connectivity index (χ1n) is 6.69. The van der Waals surface area contributed by atoms with Gasteiger partial charge in [0, 0.05) is 6.20 Å². The average Bonchev–Trinajstić information content (AvgIpc) is 2.47. The molecule has 2 heterocycles. The van der Waals surface area contributed by atoms with E-state index in [0.717, 1.165) is 18.1 Å². The maximum atomic E-state index is 5.99. The van der Waals surface area contributed by atoms with Gasteiger partial charge in [0.2, 0.25) is 0 Å². The van der Waals surface area contributed by atoms with Crippen molar-refractivity contribution in [2.45, 2.75) is 25.9 Å². The predicted molar refractivity (Wildman–Crippen MR) is 76.6 cm³/mol. The van der Waals surface area contributed by atoms with Crippen LogP contribution in [-0.4, -0.2) is 11.5 Å². The van der Waals surface area contributed by atoms with Crippen molar-refractivity contribution in [2.24, 2.45) is 0 Å². The molecule has 0 amide bonds. The van der Waals surface area contributed by atoms with E-state index in [4.69, 9.17) is 4.74 Å². The van der Waals surface area contributed by atoms with E-state index in [2.05, 4.69) is 48.4 Å². The molecule has 0 saturated carbocycles. The van der Waals surface area contributed by atoms with Crippen LogP contribution in [0.2, 0.25) is 0 Å². The number of ether oxygens (including phenoxy) is 1. The minimum atomic E-state index is 0.0536. The number of nitrogens with zero attached hydrogens (tertiary/aromatic N) is 1. The van der Waals surface area contributed by atoms with Crippen LogP contribution in [0.25, 0.3) is 0 Å². The van der Waals surface area contributed by atoms with Crippen LogP contribution in [0.5, 0.6) is 5.75 Å². The van der Waals surface area contributed by atoms with E-state index in [1.165, 1.54) is 11.1 Å². The standard InChI is InChI=1S/C16H18N2O/c1-11(2)12-5-7-13(8-6-12)15-10-18-16-14(19-15)4-3-9-17-16/h3-9,11,15H,10H2,1-2H3,(H,17,18). The van der Waals surface area contributed by atoms with Crippen molar-refractivity contribution >= 4 is 5.82 Å². The van der Waals surface area contributed by atoms with Crippen LogP contribution in [0.4, 0.5) is 5.82 Å². The zero-order chi connectivity index (χ0) is 13.2. The maximum absolute atomic E-state index is 5.99. The number of rotatable bonds is 2.